The van der Waals surface area contributed by atoms with Gasteiger partial charge in [0.1, 0.15) is 5.75 Å². The van der Waals surface area contributed by atoms with E-state index in [0.717, 1.165) is 61.2 Å². The van der Waals surface area contributed by atoms with Gasteiger partial charge >= 0.3 is 0 Å². The molecule has 25 heavy (non-hydrogen) atoms. The molecule has 1 aliphatic rings. The highest BCUT2D eigenvalue weighted by molar-refractivity contribution is 5.29. The molecule has 1 aromatic heterocycles. The van der Waals surface area contributed by atoms with Gasteiger partial charge in [-0.1, -0.05) is 12.1 Å². The van der Waals surface area contributed by atoms with Crippen LogP contribution in [0.1, 0.15) is 28.3 Å². The van der Waals surface area contributed by atoms with Crippen molar-refractivity contribution in [1.29, 1.82) is 0 Å². The van der Waals surface area contributed by atoms with Gasteiger partial charge in [-0.3, -0.25) is 14.9 Å². The normalized spacial score (nSPS) is 18.3. The number of benzene rings is 1. The average Bonchev–Trinajstić information content (AvgIpc) is 2.60. The van der Waals surface area contributed by atoms with Crippen molar-refractivity contribution in [3.05, 3.63) is 52.6 Å². The van der Waals surface area contributed by atoms with Crippen LogP contribution in [0.15, 0.2) is 24.3 Å². The third-order valence-corrected chi connectivity index (χ3v) is 4.77. The van der Waals surface area contributed by atoms with Gasteiger partial charge in [-0.15, -0.1) is 0 Å². The van der Waals surface area contributed by atoms with Crippen LogP contribution >= 0.6 is 0 Å². The molecule has 0 spiro atoms. The summed E-state index contributed by atoms with van der Waals surface area (Å²) in [6.07, 6.45) is 1.09. The van der Waals surface area contributed by atoms with E-state index in [1.165, 1.54) is 5.56 Å². The second-order valence-corrected chi connectivity index (χ2v) is 6.71. The number of nitrogens with zero attached hydrogens (tertiary/aromatic N) is 3. The van der Waals surface area contributed by atoms with Gasteiger partial charge in [0.2, 0.25) is 0 Å². The topological polar surface area (TPSA) is 47.5 Å². The number of aromatic nitrogens is 2. The summed E-state index contributed by atoms with van der Waals surface area (Å²) in [4.78, 5) is 11.8. The molecular weight excluding hydrogens is 314 g/mol. The van der Waals surface area contributed by atoms with Crippen molar-refractivity contribution in [3.8, 4) is 5.75 Å². The Bertz CT molecular complexity index is 733. The minimum atomic E-state index is 0.195. The van der Waals surface area contributed by atoms with E-state index >= 15 is 0 Å². The molecule has 0 saturated carbocycles. The Morgan fingerprint density at radius 1 is 1.16 bits per heavy atom. The largest absolute Gasteiger partial charge is 0.497 e. The fourth-order valence-corrected chi connectivity index (χ4v) is 3.23. The molecule has 0 bridgehead atoms. The number of morpholine rings is 1. The fraction of sp³-hybridized carbons (Fsp3) is 0.500. The second kappa shape index (κ2) is 7.93. The SMILES string of the molecule is COc1cccc(CC2CN(Cc3nc(C)c(C)nc3C)CCO2)c1. The van der Waals surface area contributed by atoms with Gasteiger partial charge in [0.15, 0.2) is 0 Å². The zero-order chi connectivity index (χ0) is 17.8. The molecule has 5 heteroatoms. The van der Waals surface area contributed by atoms with Gasteiger partial charge in [0.25, 0.3) is 0 Å². The first-order valence-electron chi connectivity index (χ1n) is 8.82. The zero-order valence-electron chi connectivity index (χ0n) is 15.6. The van der Waals surface area contributed by atoms with Crippen LogP contribution in [0, 0.1) is 20.8 Å². The molecule has 0 amide bonds. The minimum Gasteiger partial charge on any atom is -0.497 e. The van der Waals surface area contributed by atoms with E-state index in [-0.39, 0.29) is 6.10 Å². The van der Waals surface area contributed by atoms with E-state index in [2.05, 4.69) is 22.0 Å². The van der Waals surface area contributed by atoms with Crippen LogP contribution in [0.2, 0.25) is 0 Å². The van der Waals surface area contributed by atoms with Gasteiger partial charge in [0.05, 0.1) is 42.6 Å². The molecule has 134 valence electrons. The van der Waals surface area contributed by atoms with E-state index in [9.17, 15) is 0 Å². The van der Waals surface area contributed by atoms with E-state index in [0.29, 0.717) is 0 Å². The van der Waals surface area contributed by atoms with Crippen molar-refractivity contribution in [3.63, 3.8) is 0 Å². The minimum absolute atomic E-state index is 0.195. The summed E-state index contributed by atoms with van der Waals surface area (Å²) in [6, 6.07) is 8.21. The Hall–Kier alpha value is -1.98. The Labute approximate surface area is 150 Å². The van der Waals surface area contributed by atoms with Crippen LogP contribution in [-0.4, -0.2) is 47.8 Å². The second-order valence-electron chi connectivity index (χ2n) is 6.71. The lowest BCUT2D eigenvalue weighted by Crippen LogP contribution is -2.43. The summed E-state index contributed by atoms with van der Waals surface area (Å²) in [5, 5.41) is 0. The standard InChI is InChI=1S/C20H27N3O2/c1-14-15(2)22-20(16(3)21-14)13-23-8-9-25-19(12-23)11-17-6-5-7-18(10-17)24-4/h5-7,10,19H,8-9,11-13H2,1-4H3. The van der Waals surface area contributed by atoms with E-state index < -0.39 is 0 Å². The first kappa shape index (κ1) is 17.8. The Morgan fingerprint density at radius 2 is 1.96 bits per heavy atom. The quantitative estimate of drug-likeness (QED) is 0.837. The Kier molecular flexibility index (Phi) is 5.66. The molecule has 2 aromatic rings. The lowest BCUT2D eigenvalue weighted by atomic mass is 10.1. The molecule has 1 fully saturated rings. The summed E-state index contributed by atoms with van der Waals surface area (Å²) in [6.45, 7) is 9.51. The first-order chi connectivity index (χ1) is 12.0. The number of aryl methyl sites for hydroxylation is 3. The molecule has 5 nitrogen and oxygen atoms in total. The Morgan fingerprint density at radius 3 is 2.76 bits per heavy atom. The lowest BCUT2D eigenvalue weighted by Gasteiger charge is -2.33. The number of hydrogen-bond acceptors (Lipinski definition) is 5. The van der Waals surface area contributed by atoms with Crippen molar-refractivity contribution in [2.75, 3.05) is 26.8 Å². The summed E-state index contributed by atoms with van der Waals surface area (Å²) < 4.78 is 11.3. The molecule has 3 rings (SSSR count). The van der Waals surface area contributed by atoms with Crippen LogP contribution < -0.4 is 4.74 Å². The number of rotatable bonds is 5. The first-order valence-corrected chi connectivity index (χ1v) is 8.82. The molecular formula is C20H27N3O2. The monoisotopic (exact) mass is 341 g/mol. The van der Waals surface area contributed by atoms with Crippen LogP contribution in [0.4, 0.5) is 0 Å². The molecule has 1 unspecified atom stereocenters. The number of hydrogen-bond donors (Lipinski definition) is 0. The van der Waals surface area contributed by atoms with Crippen molar-refractivity contribution in [2.24, 2.45) is 0 Å². The summed E-state index contributed by atoms with van der Waals surface area (Å²) in [7, 11) is 1.70. The van der Waals surface area contributed by atoms with Gasteiger partial charge in [-0.2, -0.15) is 0 Å². The maximum Gasteiger partial charge on any atom is 0.119 e. The highest BCUT2D eigenvalue weighted by Crippen LogP contribution is 2.18. The molecule has 1 aliphatic heterocycles. The summed E-state index contributed by atoms with van der Waals surface area (Å²) >= 11 is 0. The predicted molar refractivity (Wildman–Crippen MR) is 98.0 cm³/mol. The predicted octanol–water partition coefficient (Wildman–Crippen LogP) is 2.85. The van der Waals surface area contributed by atoms with Crippen molar-refractivity contribution in [1.82, 2.24) is 14.9 Å². The highest BCUT2D eigenvalue weighted by atomic mass is 16.5. The van der Waals surface area contributed by atoms with E-state index in [1.54, 1.807) is 7.11 Å². The lowest BCUT2D eigenvalue weighted by molar-refractivity contribution is -0.0309. The van der Waals surface area contributed by atoms with Crippen LogP contribution in [0.3, 0.4) is 0 Å². The van der Waals surface area contributed by atoms with Crippen molar-refractivity contribution in [2.45, 2.75) is 39.8 Å². The van der Waals surface area contributed by atoms with Crippen LogP contribution in [-0.2, 0) is 17.7 Å². The summed E-state index contributed by atoms with van der Waals surface area (Å²) in [5.74, 6) is 0.895. The maximum absolute atomic E-state index is 5.98. The highest BCUT2D eigenvalue weighted by Gasteiger charge is 2.22. The molecule has 1 atom stereocenters. The molecule has 0 aliphatic carbocycles. The van der Waals surface area contributed by atoms with Gasteiger partial charge < -0.3 is 9.47 Å². The smallest absolute Gasteiger partial charge is 0.119 e. The Balaban J connectivity index is 1.64. The van der Waals surface area contributed by atoms with Crippen LogP contribution in [0.25, 0.3) is 0 Å². The van der Waals surface area contributed by atoms with Crippen LogP contribution in [0.5, 0.6) is 5.75 Å². The summed E-state index contributed by atoms with van der Waals surface area (Å²) in [5.41, 5.74) is 5.37. The molecule has 2 heterocycles. The van der Waals surface area contributed by atoms with E-state index in [1.807, 2.05) is 32.9 Å². The van der Waals surface area contributed by atoms with E-state index in [4.69, 9.17) is 14.5 Å². The fourth-order valence-electron chi connectivity index (χ4n) is 3.23. The van der Waals surface area contributed by atoms with Crippen molar-refractivity contribution >= 4 is 0 Å². The number of methoxy groups -OCH3 is 1. The maximum atomic E-state index is 5.98. The van der Waals surface area contributed by atoms with Gasteiger partial charge in [-0.05, 0) is 38.5 Å². The van der Waals surface area contributed by atoms with Gasteiger partial charge in [-0.25, -0.2) is 0 Å². The third-order valence-electron chi connectivity index (χ3n) is 4.77. The van der Waals surface area contributed by atoms with Crippen molar-refractivity contribution < 1.29 is 9.47 Å². The number of ether oxygens (including phenoxy) is 2. The average molecular weight is 341 g/mol. The molecule has 0 N–H and O–H groups in total. The third kappa shape index (κ3) is 4.55. The molecule has 1 aromatic carbocycles. The van der Waals surface area contributed by atoms with Gasteiger partial charge in [0, 0.05) is 26.1 Å². The molecule has 0 radical (unpaired) electrons. The molecule has 1 saturated heterocycles. The zero-order valence-corrected chi connectivity index (χ0v) is 15.6.